The molecule has 2 heterocycles. The first kappa shape index (κ1) is 21.2. The number of para-hydroxylation sites is 2. The van der Waals surface area contributed by atoms with Gasteiger partial charge in [-0.05, 0) is 67.4 Å². The first-order valence-corrected chi connectivity index (χ1v) is 11.2. The largest absolute Gasteiger partial charge is 0.491 e. The molecule has 1 aliphatic heterocycles. The van der Waals surface area contributed by atoms with Gasteiger partial charge in [-0.15, -0.1) is 0 Å². The fourth-order valence-corrected chi connectivity index (χ4v) is 4.50. The van der Waals surface area contributed by atoms with Gasteiger partial charge in [0.1, 0.15) is 24.0 Å². The minimum absolute atomic E-state index is 0.0249. The third-order valence-electron chi connectivity index (χ3n) is 6.23. The van der Waals surface area contributed by atoms with Crippen molar-refractivity contribution in [2.75, 3.05) is 18.1 Å². The molecule has 1 fully saturated rings. The molecule has 5 rings (SSSR count). The van der Waals surface area contributed by atoms with Crippen LogP contribution in [0, 0.1) is 19.7 Å². The molecule has 1 amide bonds. The van der Waals surface area contributed by atoms with E-state index in [-0.39, 0.29) is 17.6 Å². The normalized spacial score (nSPS) is 16.0. The van der Waals surface area contributed by atoms with Crippen LogP contribution in [-0.2, 0) is 11.3 Å². The number of benzene rings is 3. The molecule has 1 saturated heterocycles. The number of hydrogen-bond donors (Lipinski definition) is 0. The van der Waals surface area contributed by atoms with Gasteiger partial charge in [-0.25, -0.2) is 9.37 Å². The average Bonchev–Trinajstić information content (AvgIpc) is 3.37. The van der Waals surface area contributed by atoms with Gasteiger partial charge in [-0.2, -0.15) is 0 Å². The van der Waals surface area contributed by atoms with Crippen LogP contribution in [0.2, 0.25) is 0 Å². The van der Waals surface area contributed by atoms with Gasteiger partial charge in [0.25, 0.3) is 0 Å². The van der Waals surface area contributed by atoms with Crippen molar-refractivity contribution < 1.29 is 13.9 Å². The van der Waals surface area contributed by atoms with Crippen molar-refractivity contribution in [2.45, 2.75) is 32.7 Å². The van der Waals surface area contributed by atoms with Crippen molar-refractivity contribution in [3.05, 3.63) is 89.5 Å². The molecule has 4 aromatic rings. The molecule has 0 radical (unpaired) electrons. The zero-order valence-corrected chi connectivity index (χ0v) is 18.8. The zero-order valence-electron chi connectivity index (χ0n) is 18.8. The molecule has 5 nitrogen and oxygen atoms in total. The molecule has 0 saturated carbocycles. The number of rotatable bonds is 6. The lowest BCUT2D eigenvalue weighted by Crippen LogP contribution is -2.24. The summed E-state index contributed by atoms with van der Waals surface area (Å²) >= 11 is 0. The van der Waals surface area contributed by atoms with Crippen LogP contribution in [0.1, 0.15) is 29.3 Å². The summed E-state index contributed by atoms with van der Waals surface area (Å²) in [6.45, 7) is 5.74. The predicted octanol–water partition coefficient (Wildman–Crippen LogP) is 5.39. The summed E-state index contributed by atoms with van der Waals surface area (Å²) in [5.74, 6) is 1.44. The summed E-state index contributed by atoms with van der Waals surface area (Å²) < 4.78 is 21.6. The molecule has 6 heteroatoms. The standard InChI is InChI=1S/C27H26FN3O2/c1-18-7-8-19(2)25(15-18)33-14-13-30-24-6-4-3-5-23(24)29-27(30)20-16-26(32)31(17-20)22-11-9-21(28)10-12-22/h3-12,15,20H,13-14,16-17H2,1-2H3/t20-/m0/s1. The number of nitrogens with zero attached hydrogens (tertiary/aromatic N) is 3. The Morgan fingerprint density at radius 1 is 1.06 bits per heavy atom. The van der Waals surface area contributed by atoms with Crippen molar-refractivity contribution in [3.63, 3.8) is 0 Å². The number of aryl methyl sites for hydroxylation is 2. The molecule has 1 aliphatic rings. The Labute approximate surface area is 192 Å². The first-order valence-electron chi connectivity index (χ1n) is 11.2. The van der Waals surface area contributed by atoms with Gasteiger partial charge >= 0.3 is 0 Å². The van der Waals surface area contributed by atoms with Crippen molar-refractivity contribution >= 4 is 22.6 Å². The number of amides is 1. The molecule has 0 spiro atoms. The van der Waals surface area contributed by atoms with Gasteiger partial charge in [-0.3, -0.25) is 4.79 Å². The van der Waals surface area contributed by atoms with Crippen LogP contribution in [0.5, 0.6) is 5.75 Å². The summed E-state index contributed by atoms with van der Waals surface area (Å²) in [5, 5.41) is 0. The van der Waals surface area contributed by atoms with E-state index in [1.54, 1.807) is 17.0 Å². The van der Waals surface area contributed by atoms with Crippen LogP contribution in [-0.4, -0.2) is 28.6 Å². The third kappa shape index (κ3) is 4.21. The van der Waals surface area contributed by atoms with Crippen molar-refractivity contribution in [2.24, 2.45) is 0 Å². The number of fused-ring (bicyclic) bond motifs is 1. The monoisotopic (exact) mass is 443 g/mol. The second-order valence-electron chi connectivity index (χ2n) is 8.61. The van der Waals surface area contributed by atoms with E-state index in [1.165, 1.54) is 12.1 Å². The molecule has 0 N–H and O–H groups in total. The van der Waals surface area contributed by atoms with Gasteiger partial charge < -0.3 is 14.2 Å². The van der Waals surface area contributed by atoms with Gasteiger partial charge in [0.2, 0.25) is 5.91 Å². The maximum atomic E-state index is 13.3. The highest BCUT2D eigenvalue weighted by Crippen LogP contribution is 2.33. The molecule has 1 aromatic heterocycles. The Morgan fingerprint density at radius 3 is 2.67 bits per heavy atom. The topological polar surface area (TPSA) is 47.4 Å². The van der Waals surface area contributed by atoms with E-state index >= 15 is 0 Å². The SMILES string of the molecule is Cc1ccc(C)c(OCCn2c([C@H]3CC(=O)N(c4ccc(F)cc4)C3)nc3ccccc32)c1. The molecule has 0 unspecified atom stereocenters. The first-order chi connectivity index (χ1) is 16.0. The van der Waals surface area contributed by atoms with E-state index in [2.05, 4.69) is 35.8 Å². The van der Waals surface area contributed by atoms with Gasteiger partial charge in [0.15, 0.2) is 0 Å². The quantitative estimate of drug-likeness (QED) is 0.401. The highest BCUT2D eigenvalue weighted by atomic mass is 19.1. The minimum atomic E-state index is -0.312. The number of aromatic nitrogens is 2. The van der Waals surface area contributed by atoms with E-state index in [1.807, 2.05) is 25.1 Å². The summed E-state index contributed by atoms with van der Waals surface area (Å²) in [7, 11) is 0. The Morgan fingerprint density at radius 2 is 1.85 bits per heavy atom. The van der Waals surface area contributed by atoms with E-state index < -0.39 is 0 Å². The van der Waals surface area contributed by atoms with Crippen LogP contribution in [0.3, 0.4) is 0 Å². The van der Waals surface area contributed by atoms with Gasteiger partial charge in [0, 0.05) is 24.6 Å². The van der Waals surface area contributed by atoms with Crippen LogP contribution in [0.25, 0.3) is 11.0 Å². The van der Waals surface area contributed by atoms with Crippen LogP contribution < -0.4 is 9.64 Å². The smallest absolute Gasteiger partial charge is 0.227 e. The highest BCUT2D eigenvalue weighted by Gasteiger charge is 2.34. The lowest BCUT2D eigenvalue weighted by Gasteiger charge is -2.18. The second kappa shape index (κ2) is 8.70. The van der Waals surface area contributed by atoms with Crippen LogP contribution >= 0.6 is 0 Å². The molecule has 1 atom stereocenters. The summed E-state index contributed by atoms with van der Waals surface area (Å²) in [4.78, 5) is 19.4. The molecule has 0 bridgehead atoms. The highest BCUT2D eigenvalue weighted by molar-refractivity contribution is 5.96. The van der Waals surface area contributed by atoms with E-state index in [0.29, 0.717) is 31.8 Å². The number of halogens is 1. The maximum absolute atomic E-state index is 13.3. The molecule has 33 heavy (non-hydrogen) atoms. The van der Waals surface area contributed by atoms with Crippen molar-refractivity contribution in [3.8, 4) is 5.75 Å². The van der Waals surface area contributed by atoms with E-state index in [4.69, 9.17) is 9.72 Å². The number of carbonyl (C=O) groups excluding carboxylic acids is 1. The Hall–Kier alpha value is -3.67. The molecule has 168 valence electrons. The number of ether oxygens (including phenoxy) is 1. The van der Waals surface area contributed by atoms with Crippen LogP contribution in [0.4, 0.5) is 10.1 Å². The lowest BCUT2D eigenvalue weighted by atomic mass is 10.1. The molecular weight excluding hydrogens is 417 g/mol. The van der Waals surface area contributed by atoms with Crippen molar-refractivity contribution in [1.29, 1.82) is 0 Å². The summed E-state index contributed by atoms with van der Waals surface area (Å²) in [6.07, 6.45) is 0.374. The summed E-state index contributed by atoms with van der Waals surface area (Å²) in [5.41, 5.74) is 4.92. The fraction of sp³-hybridized carbons (Fsp3) is 0.259. The number of imidazole rings is 1. The molecular formula is C27H26FN3O2. The Bertz CT molecular complexity index is 1310. The Kier molecular flexibility index (Phi) is 5.58. The van der Waals surface area contributed by atoms with Gasteiger partial charge in [0.05, 0.1) is 17.6 Å². The third-order valence-corrected chi connectivity index (χ3v) is 6.23. The molecule has 0 aliphatic carbocycles. The minimum Gasteiger partial charge on any atom is -0.491 e. The maximum Gasteiger partial charge on any atom is 0.227 e. The average molecular weight is 444 g/mol. The predicted molar refractivity (Wildman–Crippen MR) is 127 cm³/mol. The fourth-order valence-electron chi connectivity index (χ4n) is 4.50. The zero-order chi connectivity index (χ0) is 22.9. The van der Waals surface area contributed by atoms with Gasteiger partial charge in [-0.1, -0.05) is 24.3 Å². The number of carbonyl (C=O) groups is 1. The summed E-state index contributed by atoms with van der Waals surface area (Å²) in [6, 6.07) is 20.3. The van der Waals surface area contributed by atoms with E-state index in [9.17, 15) is 9.18 Å². The lowest BCUT2D eigenvalue weighted by molar-refractivity contribution is -0.117. The molecule has 3 aromatic carbocycles. The number of hydrogen-bond acceptors (Lipinski definition) is 3. The Balaban J connectivity index is 1.40. The van der Waals surface area contributed by atoms with E-state index in [0.717, 1.165) is 33.7 Å². The van der Waals surface area contributed by atoms with Crippen molar-refractivity contribution in [1.82, 2.24) is 9.55 Å². The number of anilines is 1. The van der Waals surface area contributed by atoms with Crippen LogP contribution in [0.15, 0.2) is 66.7 Å². The second-order valence-corrected chi connectivity index (χ2v) is 8.61.